The van der Waals surface area contributed by atoms with Crippen molar-refractivity contribution in [3.63, 3.8) is 0 Å². The van der Waals surface area contributed by atoms with Crippen molar-refractivity contribution in [1.29, 1.82) is 0 Å². The average molecular weight is 226 g/mol. The number of amides is 1. The van der Waals surface area contributed by atoms with Gasteiger partial charge in [0, 0.05) is 5.02 Å². The van der Waals surface area contributed by atoms with E-state index in [4.69, 9.17) is 16.3 Å². The maximum Gasteiger partial charge on any atom is 0.232 e. The van der Waals surface area contributed by atoms with Gasteiger partial charge in [-0.05, 0) is 18.2 Å². The quantitative estimate of drug-likeness (QED) is 0.683. The number of carbonyl (C=O) groups is 2. The van der Waals surface area contributed by atoms with Gasteiger partial charge >= 0.3 is 0 Å². The molecule has 4 nitrogen and oxygen atoms in total. The Labute approximate surface area is 91.2 Å². The maximum absolute atomic E-state index is 11.3. The standard InChI is InChI=1S/C10H8ClNO3/c11-6-1-2-9-8(3-6)12-10(14)4-7(13)5-15-9/h1-3H,4-5H2,(H,12,14). The summed E-state index contributed by atoms with van der Waals surface area (Å²) in [6.45, 7) is -0.0813. The van der Waals surface area contributed by atoms with Gasteiger partial charge in [-0.3, -0.25) is 9.59 Å². The maximum atomic E-state index is 11.3. The van der Waals surface area contributed by atoms with Crippen LogP contribution in [0.5, 0.6) is 5.75 Å². The Balaban J connectivity index is 2.36. The van der Waals surface area contributed by atoms with E-state index in [0.717, 1.165) is 0 Å². The van der Waals surface area contributed by atoms with Crippen molar-refractivity contribution in [2.24, 2.45) is 0 Å². The molecule has 1 aliphatic heterocycles. The van der Waals surface area contributed by atoms with E-state index >= 15 is 0 Å². The molecule has 0 radical (unpaired) electrons. The van der Waals surface area contributed by atoms with Crippen LogP contribution in [0, 0.1) is 0 Å². The predicted molar refractivity (Wildman–Crippen MR) is 55.2 cm³/mol. The predicted octanol–water partition coefficient (Wildman–Crippen LogP) is 1.63. The fourth-order valence-corrected chi connectivity index (χ4v) is 1.48. The first-order valence-electron chi connectivity index (χ1n) is 4.39. The van der Waals surface area contributed by atoms with Gasteiger partial charge in [-0.15, -0.1) is 0 Å². The van der Waals surface area contributed by atoms with Crippen LogP contribution in [0.15, 0.2) is 18.2 Å². The molecule has 0 aromatic heterocycles. The first-order valence-corrected chi connectivity index (χ1v) is 4.77. The van der Waals surface area contributed by atoms with Crippen LogP contribution in [0.25, 0.3) is 0 Å². The second-order valence-electron chi connectivity index (χ2n) is 3.19. The van der Waals surface area contributed by atoms with E-state index in [1.807, 2.05) is 0 Å². The van der Waals surface area contributed by atoms with Crippen molar-refractivity contribution in [3.8, 4) is 5.75 Å². The number of ether oxygens (including phenoxy) is 1. The third kappa shape index (κ3) is 2.27. The van der Waals surface area contributed by atoms with Crippen molar-refractivity contribution in [2.45, 2.75) is 6.42 Å². The fourth-order valence-electron chi connectivity index (χ4n) is 1.31. The highest BCUT2D eigenvalue weighted by Crippen LogP contribution is 2.29. The Bertz CT molecular complexity index is 431. The van der Waals surface area contributed by atoms with Crippen LogP contribution in [0.1, 0.15) is 6.42 Å². The van der Waals surface area contributed by atoms with E-state index in [1.165, 1.54) is 0 Å². The second kappa shape index (κ2) is 3.90. The number of nitrogens with one attached hydrogen (secondary N) is 1. The summed E-state index contributed by atoms with van der Waals surface area (Å²) in [5.41, 5.74) is 0.500. The molecule has 0 spiro atoms. The lowest BCUT2D eigenvalue weighted by Gasteiger charge is -2.15. The highest BCUT2D eigenvalue weighted by Gasteiger charge is 2.17. The highest BCUT2D eigenvalue weighted by atomic mass is 35.5. The molecule has 0 atom stereocenters. The minimum absolute atomic E-state index is 0.0813. The van der Waals surface area contributed by atoms with E-state index in [1.54, 1.807) is 18.2 Å². The molecule has 0 unspecified atom stereocenters. The van der Waals surface area contributed by atoms with E-state index in [0.29, 0.717) is 16.5 Å². The average Bonchev–Trinajstić information content (AvgIpc) is 2.14. The van der Waals surface area contributed by atoms with Gasteiger partial charge in [-0.1, -0.05) is 11.6 Å². The fraction of sp³-hybridized carbons (Fsp3) is 0.200. The number of rotatable bonds is 0. The number of carbonyl (C=O) groups excluding carboxylic acids is 2. The zero-order chi connectivity index (χ0) is 10.8. The van der Waals surface area contributed by atoms with E-state index in [9.17, 15) is 9.59 Å². The van der Waals surface area contributed by atoms with Gasteiger partial charge in [0.2, 0.25) is 5.91 Å². The van der Waals surface area contributed by atoms with Crippen LogP contribution in [0.2, 0.25) is 5.02 Å². The summed E-state index contributed by atoms with van der Waals surface area (Å²) in [6, 6.07) is 4.85. The summed E-state index contributed by atoms with van der Waals surface area (Å²) in [6.07, 6.45) is -0.161. The summed E-state index contributed by atoms with van der Waals surface area (Å²) in [7, 11) is 0. The lowest BCUT2D eigenvalue weighted by Crippen LogP contribution is -2.24. The summed E-state index contributed by atoms with van der Waals surface area (Å²) in [5.74, 6) is -0.124. The van der Waals surface area contributed by atoms with E-state index in [-0.39, 0.29) is 24.7 Å². The molecule has 1 aliphatic rings. The number of ketones is 1. The third-order valence-corrected chi connectivity index (χ3v) is 2.20. The molecule has 2 rings (SSSR count). The van der Waals surface area contributed by atoms with Crippen molar-refractivity contribution >= 4 is 29.0 Å². The molecule has 1 amide bonds. The molecule has 15 heavy (non-hydrogen) atoms. The molecule has 0 aliphatic carbocycles. The molecule has 1 aromatic carbocycles. The number of hydrogen-bond acceptors (Lipinski definition) is 3. The van der Waals surface area contributed by atoms with Gasteiger partial charge in [0.25, 0.3) is 0 Å². The minimum atomic E-state index is -0.341. The molecule has 1 aromatic rings. The Hall–Kier alpha value is -1.55. The van der Waals surface area contributed by atoms with Crippen molar-refractivity contribution in [2.75, 3.05) is 11.9 Å². The molecule has 1 N–H and O–H groups in total. The normalized spacial score (nSPS) is 15.8. The molecule has 78 valence electrons. The summed E-state index contributed by atoms with van der Waals surface area (Å²) >= 11 is 5.77. The molecule has 0 saturated carbocycles. The summed E-state index contributed by atoms with van der Waals surface area (Å²) in [5, 5.41) is 3.07. The van der Waals surface area contributed by atoms with Gasteiger partial charge in [-0.25, -0.2) is 0 Å². The van der Waals surface area contributed by atoms with Gasteiger partial charge in [0.15, 0.2) is 5.78 Å². The number of anilines is 1. The SMILES string of the molecule is O=C1COc2ccc(Cl)cc2NC(=O)C1. The lowest BCUT2D eigenvalue weighted by molar-refractivity contribution is -0.127. The number of fused-ring (bicyclic) bond motifs is 1. The van der Waals surface area contributed by atoms with Crippen molar-refractivity contribution in [3.05, 3.63) is 23.2 Å². The highest BCUT2D eigenvalue weighted by molar-refractivity contribution is 6.31. The van der Waals surface area contributed by atoms with Gasteiger partial charge in [0.1, 0.15) is 12.4 Å². The monoisotopic (exact) mass is 225 g/mol. The van der Waals surface area contributed by atoms with Crippen LogP contribution >= 0.6 is 11.6 Å². The van der Waals surface area contributed by atoms with E-state index in [2.05, 4.69) is 5.32 Å². The number of Topliss-reactive ketones (excluding diaryl/α,β-unsaturated/α-hetero) is 1. The Kier molecular flexibility index (Phi) is 2.60. The van der Waals surface area contributed by atoms with Crippen molar-refractivity contribution < 1.29 is 14.3 Å². The van der Waals surface area contributed by atoms with Gasteiger partial charge in [-0.2, -0.15) is 0 Å². The molecule has 0 fully saturated rings. The van der Waals surface area contributed by atoms with Gasteiger partial charge in [0.05, 0.1) is 12.1 Å². The van der Waals surface area contributed by atoms with Gasteiger partial charge < -0.3 is 10.1 Å². The number of benzene rings is 1. The largest absolute Gasteiger partial charge is 0.484 e. The Morgan fingerprint density at radius 3 is 2.93 bits per heavy atom. The molecule has 0 bridgehead atoms. The zero-order valence-corrected chi connectivity index (χ0v) is 8.50. The molecule has 0 saturated heterocycles. The van der Waals surface area contributed by atoms with Crippen LogP contribution in [0.4, 0.5) is 5.69 Å². The lowest BCUT2D eigenvalue weighted by atomic mass is 10.2. The van der Waals surface area contributed by atoms with Crippen LogP contribution in [-0.2, 0) is 9.59 Å². The first kappa shape index (κ1) is 9.98. The smallest absolute Gasteiger partial charge is 0.232 e. The third-order valence-electron chi connectivity index (χ3n) is 1.96. The molecule has 5 heteroatoms. The number of hydrogen-bond donors (Lipinski definition) is 1. The topological polar surface area (TPSA) is 55.4 Å². The van der Waals surface area contributed by atoms with Crippen LogP contribution in [-0.4, -0.2) is 18.3 Å². The zero-order valence-electron chi connectivity index (χ0n) is 7.75. The Morgan fingerprint density at radius 1 is 1.33 bits per heavy atom. The molecular formula is C10H8ClNO3. The second-order valence-corrected chi connectivity index (χ2v) is 3.63. The van der Waals surface area contributed by atoms with Crippen LogP contribution in [0.3, 0.4) is 0 Å². The summed E-state index contributed by atoms with van der Waals surface area (Å²) in [4.78, 5) is 22.4. The Morgan fingerprint density at radius 2 is 2.13 bits per heavy atom. The molecular weight excluding hydrogens is 218 g/mol. The molecule has 1 heterocycles. The van der Waals surface area contributed by atoms with Crippen LogP contribution < -0.4 is 10.1 Å². The van der Waals surface area contributed by atoms with Crippen molar-refractivity contribution in [1.82, 2.24) is 0 Å². The summed E-state index contributed by atoms with van der Waals surface area (Å²) < 4.78 is 5.22. The first-order chi connectivity index (χ1) is 7.15. The van der Waals surface area contributed by atoms with E-state index < -0.39 is 0 Å². The number of halogens is 1. The minimum Gasteiger partial charge on any atom is -0.484 e.